The number of hydrogen-bond donors (Lipinski definition) is 1. The second-order valence-electron chi connectivity index (χ2n) is 3.93. The molecule has 1 N–H and O–H groups in total. The summed E-state index contributed by atoms with van der Waals surface area (Å²) < 4.78 is 5.30. The van der Waals surface area contributed by atoms with Gasteiger partial charge in [-0.15, -0.1) is 0 Å². The Hall–Kier alpha value is -2.06. The third kappa shape index (κ3) is 3.97. The van der Waals surface area contributed by atoms with E-state index in [2.05, 4.69) is 6.07 Å². The van der Waals surface area contributed by atoms with E-state index in [9.17, 15) is 4.79 Å². The minimum absolute atomic E-state index is 0.126. The summed E-state index contributed by atoms with van der Waals surface area (Å²) in [6.07, 6.45) is 0. The number of likely N-dealkylation sites (N-methyl/N-ethyl adjacent to an activating group) is 1. The Labute approximate surface area is 113 Å². The fourth-order valence-electron chi connectivity index (χ4n) is 1.80. The topological polar surface area (TPSA) is 73.6 Å². The third-order valence-corrected chi connectivity index (χ3v) is 2.80. The van der Waals surface area contributed by atoms with Gasteiger partial charge in [0.05, 0.1) is 23.4 Å². The molecule has 19 heavy (non-hydrogen) atoms. The molecule has 0 radical (unpaired) electrons. The molecule has 5 nitrogen and oxygen atoms in total. The summed E-state index contributed by atoms with van der Waals surface area (Å²) in [5.41, 5.74) is 1.24. The summed E-state index contributed by atoms with van der Waals surface area (Å²) in [5.74, 6) is -1.03. The van der Waals surface area contributed by atoms with E-state index >= 15 is 0 Å². The number of benzene rings is 1. The lowest BCUT2D eigenvalue weighted by Gasteiger charge is -2.24. The Morgan fingerprint density at radius 3 is 2.74 bits per heavy atom. The van der Waals surface area contributed by atoms with Gasteiger partial charge in [-0.2, -0.15) is 5.26 Å². The van der Waals surface area contributed by atoms with Gasteiger partial charge in [-0.3, -0.25) is 0 Å². The number of aromatic carboxylic acids is 1. The number of carboxylic acids is 1. The van der Waals surface area contributed by atoms with Gasteiger partial charge in [0.2, 0.25) is 0 Å². The van der Waals surface area contributed by atoms with Gasteiger partial charge in [-0.05, 0) is 32.0 Å². The first kappa shape index (κ1) is 15.0. The lowest BCUT2D eigenvalue weighted by atomic mass is 10.1. The Bertz CT molecular complexity index is 480. The van der Waals surface area contributed by atoms with E-state index in [-0.39, 0.29) is 5.56 Å². The number of nitriles is 1. The van der Waals surface area contributed by atoms with Crippen molar-refractivity contribution in [2.24, 2.45) is 0 Å². The zero-order chi connectivity index (χ0) is 14.3. The number of anilines is 1. The van der Waals surface area contributed by atoms with Gasteiger partial charge in [-0.25, -0.2) is 4.79 Å². The van der Waals surface area contributed by atoms with Gasteiger partial charge in [-0.1, -0.05) is 0 Å². The van der Waals surface area contributed by atoms with Crippen LogP contribution in [0.4, 0.5) is 5.69 Å². The monoisotopic (exact) mass is 262 g/mol. The molecule has 102 valence electrons. The van der Waals surface area contributed by atoms with Crippen LogP contribution < -0.4 is 4.90 Å². The van der Waals surface area contributed by atoms with E-state index in [1.807, 2.05) is 18.7 Å². The molecule has 0 aromatic heterocycles. The van der Waals surface area contributed by atoms with Crippen LogP contribution in [0.1, 0.15) is 29.8 Å². The highest BCUT2D eigenvalue weighted by atomic mass is 16.5. The smallest absolute Gasteiger partial charge is 0.335 e. The molecule has 0 fully saturated rings. The van der Waals surface area contributed by atoms with Crippen LogP contribution in [-0.4, -0.2) is 37.4 Å². The van der Waals surface area contributed by atoms with Gasteiger partial charge in [0.25, 0.3) is 0 Å². The molecule has 0 saturated heterocycles. The number of carboxylic acid groups (broad SMARTS) is 1. The van der Waals surface area contributed by atoms with Crippen molar-refractivity contribution in [2.45, 2.75) is 13.8 Å². The van der Waals surface area contributed by atoms with E-state index in [1.54, 1.807) is 6.07 Å². The second-order valence-corrected chi connectivity index (χ2v) is 3.93. The Kier molecular flexibility index (Phi) is 5.83. The van der Waals surface area contributed by atoms with Crippen LogP contribution in [0.15, 0.2) is 18.2 Å². The van der Waals surface area contributed by atoms with Gasteiger partial charge < -0.3 is 14.7 Å². The van der Waals surface area contributed by atoms with Crippen LogP contribution in [0.3, 0.4) is 0 Å². The standard InChI is InChI=1S/C14H18N2O3/c1-3-16(7-8-19-4-2)13-6-5-11(14(17)18)9-12(13)10-15/h5-6,9H,3-4,7-8H2,1-2H3,(H,17,18). The molecule has 0 bridgehead atoms. The van der Waals surface area contributed by atoms with Crippen LogP contribution in [-0.2, 0) is 4.74 Å². The zero-order valence-corrected chi connectivity index (χ0v) is 11.2. The average Bonchev–Trinajstić information content (AvgIpc) is 2.43. The Balaban J connectivity index is 2.97. The highest BCUT2D eigenvalue weighted by Crippen LogP contribution is 2.21. The summed E-state index contributed by atoms with van der Waals surface area (Å²) >= 11 is 0. The molecule has 0 saturated carbocycles. The lowest BCUT2D eigenvalue weighted by molar-refractivity contribution is 0.0697. The van der Waals surface area contributed by atoms with Crippen molar-refractivity contribution in [1.82, 2.24) is 0 Å². The molecule has 0 spiro atoms. The molecule has 1 aromatic carbocycles. The van der Waals surface area contributed by atoms with Crippen molar-refractivity contribution in [3.63, 3.8) is 0 Å². The molecule has 0 atom stereocenters. The lowest BCUT2D eigenvalue weighted by Crippen LogP contribution is -2.28. The third-order valence-electron chi connectivity index (χ3n) is 2.80. The van der Waals surface area contributed by atoms with Crippen LogP contribution in [0.25, 0.3) is 0 Å². The molecule has 0 amide bonds. The van der Waals surface area contributed by atoms with Crippen LogP contribution in [0, 0.1) is 11.3 Å². The highest BCUT2D eigenvalue weighted by molar-refractivity contribution is 5.89. The van der Waals surface area contributed by atoms with Crippen LogP contribution in [0.5, 0.6) is 0 Å². The first-order chi connectivity index (χ1) is 9.13. The number of ether oxygens (including phenoxy) is 1. The molecule has 0 aliphatic carbocycles. The summed E-state index contributed by atoms with van der Waals surface area (Å²) in [6, 6.07) is 6.65. The van der Waals surface area contributed by atoms with Crippen molar-refractivity contribution in [3.05, 3.63) is 29.3 Å². The maximum atomic E-state index is 10.9. The quantitative estimate of drug-likeness (QED) is 0.762. The first-order valence-electron chi connectivity index (χ1n) is 6.24. The normalized spacial score (nSPS) is 9.95. The van der Waals surface area contributed by atoms with E-state index in [1.165, 1.54) is 12.1 Å². The SMILES string of the molecule is CCOCCN(CC)c1ccc(C(=O)O)cc1C#N. The van der Waals surface area contributed by atoms with Crippen LogP contribution >= 0.6 is 0 Å². The van der Waals surface area contributed by atoms with E-state index in [0.717, 1.165) is 12.2 Å². The number of nitrogens with zero attached hydrogens (tertiary/aromatic N) is 2. The Morgan fingerprint density at radius 2 is 2.21 bits per heavy atom. The van der Waals surface area contributed by atoms with Gasteiger partial charge >= 0.3 is 5.97 Å². The summed E-state index contributed by atoms with van der Waals surface area (Å²) in [4.78, 5) is 12.9. The van der Waals surface area contributed by atoms with Gasteiger partial charge in [0.15, 0.2) is 0 Å². The number of carbonyl (C=O) groups is 1. The molecule has 0 heterocycles. The van der Waals surface area contributed by atoms with Gasteiger partial charge in [0.1, 0.15) is 6.07 Å². The van der Waals surface area contributed by atoms with Crippen LogP contribution in [0.2, 0.25) is 0 Å². The minimum Gasteiger partial charge on any atom is -0.478 e. The predicted molar refractivity (Wildman–Crippen MR) is 72.5 cm³/mol. The fourth-order valence-corrected chi connectivity index (χ4v) is 1.80. The molecule has 1 rings (SSSR count). The van der Waals surface area contributed by atoms with Gasteiger partial charge in [0, 0.05) is 19.7 Å². The van der Waals surface area contributed by atoms with Crippen molar-refractivity contribution < 1.29 is 14.6 Å². The summed E-state index contributed by atoms with van der Waals surface area (Å²) in [7, 11) is 0. The maximum Gasteiger partial charge on any atom is 0.335 e. The van der Waals surface area contributed by atoms with E-state index in [0.29, 0.717) is 25.3 Å². The molecular weight excluding hydrogens is 244 g/mol. The van der Waals surface area contributed by atoms with E-state index < -0.39 is 5.97 Å². The number of hydrogen-bond acceptors (Lipinski definition) is 4. The Morgan fingerprint density at radius 1 is 1.47 bits per heavy atom. The van der Waals surface area contributed by atoms with Crippen molar-refractivity contribution >= 4 is 11.7 Å². The minimum atomic E-state index is -1.03. The van der Waals surface area contributed by atoms with Crippen molar-refractivity contribution in [3.8, 4) is 6.07 Å². The first-order valence-corrected chi connectivity index (χ1v) is 6.24. The van der Waals surface area contributed by atoms with Crippen molar-refractivity contribution in [1.29, 1.82) is 5.26 Å². The predicted octanol–water partition coefficient (Wildman–Crippen LogP) is 2.12. The molecular formula is C14H18N2O3. The summed E-state index contributed by atoms with van der Waals surface area (Å²) in [5, 5.41) is 18.1. The highest BCUT2D eigenvalue weighted by Gasteiger charge is 2.12. The molecule has 5 heteroatoms. The molecule has 0 aliphatic rings. The molecule has 0 aliphatic heterocycles. The largest absolute Gasteiger partial charge is 0.478 e. The van der Waals surface area contributed by atoms with Crippen molar-refractivity contribution in [2.75, 3.05) is 31.2 Å². The summed E-state index contributed by atoms with van der Waals surface area (Å²) in [6.45, 7) is 6.55. The van der Waals surface area contributed by atoms with E-state index in [4.69, 9.17) is 15.1 Å². The molecule has 0 unspecified atom stereocenters. The zero-order valence-electron chi connectivity index (χ0n) is 11.2. The number of rotatable bonds is 7. The second kappa shape index (κ2) is 7.39. The average molecular weight is 262 g/mol. The maximum absolute atomic E-state index is 10.9. The fraction of sp³-hybridized carbons (Fsp3) is 0.429. The molecule has 1 aromatic rings.